The molecule has 0 N–H and O–H groups in total. The number of methoxy groups -OCH3 is 1. The number of nitrogens with zero attached hydrogens (tertiary/aromatic N) is 1. The third-order valence-corrected chi connectivity index (χ3v) is 1.98. The second-order valence-electron chi connectivity index (χ2n) is 3.00. The van der Waals surface area contributed by atoms with Crippen LogP contribution in [0.3, 0.4) is 0 Å². The smallest absolute Gasteiger partial charge is 0.181 e. The zero-order chi connectivity index (χ0) is 10.0. The summed E-state index contributed by atoms with van der Waals surface area (Å²) in [5, 5.41) is 0. The van der Waals surface area contributed by atoms with Gasteiger partial charge >= 0.3 is 0 Å². The lowest BCUT2D eigenvalue weighted by Crippen LogP contribution is -2.03. The second-order valence-corrected chi connectivity index (χ2v) is 3.00. The summed E-state index contributed by atoms with van der Waals surface area (Å²) >= 11 is 0. The number of ether oxygens (including phenoxy) is 1. The Kier molecular flexibility index (Phi) is 2.66. The van der Waals surface area contributed by atoms with Crippen LogP contribution < -0.4 is 4.74 Å². The van der Waals surface area contributed by atoms with E-state index in [2.05, 4.69) is 4.98 Å². The zero-order valence-electron chi connectivity index (χ0n) is 8.34. The van der Waals surface area contributed by atoms with Crippen molar-refractivity contribution in [1.82, 2.24) is 4.98 Å². The Bertz CT molecular complexity index is 345. The predicted molar refractivity (Wildman–Crippen MR) is 50.3 cm³/mol. The van der Waals surface area contributed by atoms with Gasteiger partial charge in [0, 0.05) is 12.6 Å². The van der Waals surface area contributed by atoms with Crippen LogP contribution >= 0.6 is 0 Å². The lowest BCUT2D eigenvalue weighted by atomic mass is 10.1. The molecule has 3 nitrogen and oxygen atoms in total. The monoisotopic (exact) mass is 179 g/mol. The first-order chi connectivity index (χ1) is 6.06. The Hall–Kier alpha value is -1.38. The number of ketones is 1. The number of rotatable bonds is 2. The van der Waals surface area contributed by atoms with E-state index in [0.29, 0.717) is 11.4 Å². The summed E-state index contributed by atoms with van der Waals surface area (Å²) in [6.45, 7) is 5.30. The Morgan fingerprint density at radius 2 is 2.08 bits per heavy atom. The standard InChI is InChI=1S/C10H13NO2/c1-6-5-9(13-4)10(8(3)12)11-7(6)2/h5H,1-4H3. The fourth-order valence-corrected chi connectivity index (χ4v) is 1.09. The number of aryl methyl sites for hydroxylation is 2. The van der Waals surface area contributed by atoms with Gasteiger partial charge in [0.05, 0.1) is 7.11 Å². The number of carbonyl (C=O) groups is 1. The average molecular weight is 179 g/mol. The van der Waals surface area contributed by atoms with E-state index in [9.17, 15) is 4.79 Å². The van der Waals surface area contributed by atoms with Crippen molar-refractivity contribution in [3.8, 4) is 5.75 Å². The highest BCUT2D eigenvalue weighted by Crippen LogP contribution is 2.19. The van der Waals surface area contributed by atoms with Crippen LogP contribution in [0.25, 0.3) is 0 Å². The summed E-state index contributed by atoms with van der Waals surface area (Å²) in [4.78, 5) is 15.3. The lowest BCUT2D eigenvalue weighted by molar-refractivity contribution is 0.100. The normalized spacial score (nSPS) is 9.85. The maximum absolute atomic E-state index is 11.1. The number of carbonyl (C=O) groups excluding carboxylic acids is 1. The molecule has 1 aromatic heterocycles. The molecule has 1 rings (SSSR count). The van der Waals surface area contributed by atoms with Gasteiger partial charge in [0.25, 0.3) is 0 Å². The first-order valence-corrected chi connectivity index (χ1v) is 4.09. The second kappa shape index (κ2) is 3.56. The highest BCUT2D eigenvalue weighted by atomic mass is 16.5. The molecule has 0 fully saturated rings. The molecule has 0 unspecified atom stereocenters. The molecule has 0 bridgehead atoms. The minimum absolute atomic E-state index is 0.0695. The Labute approximate surface area is 77.8 Å². The number of hydrogen-bond donors (Lipinski definition) is 0. The summed E-state index contributed by atoms with van der Waals surface area (Å²) in [5.74, 6) is 0.482. The van der Waals surface area contributed by atoms with E-state index < -0.39 is 0 Å². The zero-order valence-corrected chi connectivity index (χ0v) is 8.34. The average Bonchev–Trinajstić information content (AvgIpc) is 2.08. The number of pyridine rings is 1. The molecule has 0 radical (unpaired) electrons. The number of aromatic nitrogens is 1. The van der Waals surface area contributed by atoms with Crippen molar-refractivity contribution in [2.75, 3.05) is 7.11 Å². The fraction of sp³-hybridized carbons (Fsp3) is 0.400. The minimum atomic E-state index is -0.0695. The van der Waals surface area contributed by atoms with Crippen LogP contribution in [0.5, 0.6) is 5.75 Å². The van der Waals surface area contributed by atoms with Crippen LogP contribution in [0.15, 0.2) is 6.07 Å². The molecule has 0 aliphatic rings. The molecule has 0 aliphatic heterocycles. The quantitative estimate of drug-likeness (QED) is 0.651. The molecule has 0 aliphatic carbocycles. The van der Waals surface area contributed by atoms with Crippen LogP contribution in [0.1, 0.15) is 28.7 Å². The van der Waals surface area contributed by atoms with Crippen molar-refractivity contribution in [1.29, 1.82) is 0 Å². The molecular weight excluding hydrogens is 166 g/mol. The van der Waals surface area contributed by atoms with E-state index in [1.165, 1.54) is 14.0 Å². The third kappa shape index (κ3) is 1.86. The van der Waals surface area contributed by atoms with Gasteiger partial charge in [-0.05, 0) is 25.5 Å². The van der Waals surface area contributed by atoms with Gasteiger partial charge in [0.1, 0.15) is 11.4 Å². The molecule has 1 heterocycles. The highest BCUT2D eigenvalue weighted by Gasteiger charge is 2.11. The van der Waals surface area contributed by atoms with E-state index >= 15 is 0 Å². The van der Waals surface area contributed by atoms with Crippen LogP contribution in [-0.2, 0) is 0 Å². The van der Waals surface area contributed by atoms with Gasteiger partial charge in [-0.1, -0.05) is 0 Å². The Morgan fingerprint density at radius 3 is 2.54 bits per heavy atom. The summed E-state index contributed by atoms with van der Waals surface area (Å²) in [5.41, 5.74) is 2.30. The lowest BCUT2D eigenvalue weighted by Gasteiger charge is -2.07. The Morgan fingerprint density at radius 1 is 1.46 bits per heavy atom. The number of Topliss-reactive ketones (excluding diaryl/α,β-unsaturated/α-hetero) is 1. The van der Waals surface area contributed by atoms with Gasteiger partial charge < -0.3 is 4.74 Å². The maximum atomic E-state index is 11.1. The van der Waals surface area contributed by atoms with E-state index in [1.807, 2.05) is 19.9 Å². The van der Waals surface area contributed by atoms with Crippen molar-refractivity contribution < 1.29 is 9.53 Å². The van der Waals surface area contributed by atoms with Gasteiger partial charge in [0.2, 0.25) is 0 Å². The van der Waals surface area contributed by atoms with Gasteiger partial charge in [-0.2, -0.15) is 0 Å². The highest BCUT2D eigenvalue weighted by molar-refractivity contribution is 5.94. The molecule has 3 heteroatoms. The predicted octanol–water partition coefficient (Wildman–Crippen LogP) is 1.91. The van der Waals surface area contributed by atoms with Crippen molar-refractivity contribution >= 4 is 5.78 Å². The summed E-state index contributed by atoms with van der Waals surface area (Å²) in [7, 11) is 1.54. The molecule has 0 amide bonds. The molecule has 0 spiro atoms. The largest absolute Gasteiger partial charge is 0.494 e. The minimum Gasteiger partial charge on any atom is -0.494 e. The molecular formula is C10H13NO2. The maximum Gasteiger partial charge on any atom is 0.181 e. The topological polar surface area (TPSA) is 39.2 Å². The van der Waals surface area contributed by atoms with E-state index in [4.69, 9.17) is 4.74 Å². The van der Waals surface area contributed by atoms with Crippen LogP contribution in [0.4, 0.5) is 0 Å². The molecule has 0 saturated heterocycles. The molecule has 1 aromatic rings. The van der Waals surface area contributed by atoms with E-state index in [-0.39, 0.29) is 5.78 Å². The van der Waals surface area contributed by atoms with Crippen molar-refractivity contribution in [2.24, 2.45) is 0 Å². The van der Waals surface area contributed by atoms with Crippen LogP contribution in [-0.4, -0.2) is 17.9 Å². The van der Waals surface area contributed by atoms with Crippen molar-refractivity contribution in [3.05, 3.63) is 23.0 Å². The third-order valence-electron chi connectivity index (χ3n) is 1.98. The number of hydrogen-bond acceptors (Lipinski definition) is 3. The fourth-order valence-electron chi connectivity index (χ4n) is 1.09. The molecule has 0 aromatic carbocycles. The van der Waals surface area contributed by atoms with Crippen LogP contribution in [0, 0.1) is 13.8 Å². The van der Waals surface area contributed by atoms with Crippen LogP contribution in [0.2, 0.25) is 0 Å². The van der Waals surface area contributed by atoms with E-state index in [0.717, 1.165) is 11.3 Å². The summed E-state index contributed by atoms with van der Waals surface area (Å²) in [6.07, 6.45) is 0. The Balaban J connectivity index is 3.33. The molecule has 70 valence electrons. The van der Waals surface area contributed by atoms with Crippen molar-refractivity contribution in [3.63, 3.8) is 0 Å². The molecule has 0 saturated carbocycles. The van der Waals surface area contributed by atoms with E-state index in [1.54, 1.807) is 0 Å². The van der Waals surface area contributed by atoms with Gasteiger partial charge in [-0.15, -0.1) is 0 Å². The van der Waals surface area contributed by atoms with Crippen molar-refractivity contribution in [2.45, 2.75) is 20.8 Å². The SMILES string of the molecule is COc1cc(C)c(C)nc1C(C)=O. The van der Waals surface area contributed by atoms with Gasteiger partial charge in [-0.25, -0.2) is 4.98 Å². The summed E-state index contributed by atoms with van der Waals surface area (Å²) < 4.78 is 5.06. The first kappa shape index (κ1) is 9.71. The first-order valence-electron chi connectivity index (χ1n) is 4.09. The molecule has 13 heavy (non-hydrogen) atoms. The van der Waals surface area contributed by atoms with Gasteiger partial charge in [-0.3, -0.25) is 4.79 Å². The molecule has 0 atom stereocenters. The van der Waals surface area contributed by atoms with Gasteiger partial charge in [0.15, 0.2) is 5.78 Å². The summed E-state index contributed by atoms with van der Waals surface area (Å²) in [6, 6.07) is 1.83.